The molecule has 3 heterocycles. The van der Waals surface area contributed by atoms with Crippen molar-refractivity contribution in [1.82, 2.24) is 25.1 Å². The second-order valence-corrected chi connectivity index (χ2v) is 6.18. The fourth-order valence-corrected chi connectivity index (χ4v) is 3.11. The number of carbonyl (C=O) groups is 1. The van der Waals surface area contributed by atoms with Gasteiger partial charge in [-0.3, -0.25) is 9.89 Å². The molecule has 1 amide bonds. The van der Waals surface area contributed by atoms with Crippen molar-refractivity contribution >= 4 is 5.91 Å². The Kier molecular flexibility index (Phi) is 5.08. The lowest BCUT2D eigenvalue weighted by Crippen LogP contribution is -2.44. The van der Waals surface area contributed by atoms with Gasteiger partial charge in [0.25, 0.3) is 0 Å². The van der Waals surface area contributed by atoms with Crippen molar-refractivity contribution < 1.29 is 9.53 Å². The van der Waals surface area contributed by atoms with Gasteiger partial charge in [-0.1, -0.05) is 0 Å². The summed E-state index contributed by atoms with van der Waals surface area (Å²) in [5.41, 5.74) is 3.17. The van der Waals surface area contributed by atoms with E-state index in [-0.39, 0.29) is 12.0 Å². The molecule has 1 aliphatic heterocycles. The van der Waals surface area contributed by atoms with Crippen LogP contribution in [0, 0.1) is 13.8 Å². The SMILES string of the molecule is Cc1n[nH]c(C)c1CCC(=O)N1CCC[C@@H](Oc2ccncn2)C1. The summed E-state index contributed by atoms with van der Waals surface area (Å²) < 4.78 is 5.86. The third kappa shape index (κ3) is 3.90. The summed E-state index contributed by atoms with van der Waals surface area (Å²) in [6.07, 6.45) is 6.23. The average Bonchev–Trinajstić information content (AvgIpc) is 2.92. The molecule has 0 spiro atoms. The van der Waals surface area contributed by atoms with Gasteiger partial charge in [-0.15, -0.1) is 0 Å². The normalized spacial score (nSPS) is 17.8. The zero-order valence-electron chi connectivity index (χ0n) is 14.2. The highest BCUT2D eigenvalue weighted by Gasteiger charge is 2.25. The van der Waals surface area contributed by atoms with E-state index in [2.05, 4.69) is 20.2 Å². The van der Waals surface area contributed by atoms with Crippen molar-refractivity contribution in [2.75, 3.05) is 13.1 Å². The number of aryl methyl sites for hydroxylation is 2. The third-order valence-electron chi connectivity index (χ3n) is 4.44. The van der Waals surface area contributed by atoms with Crippen LogP contribution >= 0.6 is 0 Å². The summed E-state index contributed by atoms with van der Waals surface area (Å²) in [7, 11) is 0. The number of nitrogens with zero attached hydrogens (tertiary/aromatic N) is 4. The lowest BCUT2D eigenvalue weighted by molar-refractivity contribution is -0.133. The van der Waals surface area contributed by atoms with Gasteiger partial charge in [0, 0.05) is 30.9 Å². The van der Waals surface area contributed by atoms with E-state index in [9.17, 15) is 4.79 Å². The summed E-state index contributed by atoms with van der Waals surface area (Å²) in [6, 6.07) is 1.74. The third-order valence-corrected chi connectivity index (χ3v) is 4.44. The minimum Gasteiger partial charge on any atom is -0.472 e. The predicted molar refractivity (Wildman–Crippen MR) is 88.6 cm³/mol. The molecule has 0 aromatic carbocycles. The van der Waals surface area contributed by atoms with Crippen LogP contribution < -0.4 is 4.74 Å². The number of hydrogen-bond acceptors (Lipinski definition) is 5. The molecule has 0 aliphatic carbocycles. The van der Waals surface area contributed by atoms with E-state index >= 15 is 0 Å². The van der Waals surface area contributed by atoms with Gasteiger partial charge in [0.15, 0.2) is 0 Å². The molecular weight excluding hydrogens is 306 g/mol. The van der Waals surface area contributed by atoms with Gasteiger partial charge < -0.3 is 9.64 Å². The van der Waals surface area contributed by atoms with E-state index in [1.165, 1.54) is 6.33 Å². The van der Waals surface area contributed by atoms with Crippen molar-refractivity contribution in [1.29, 1.82) is 0 Å². The van der Waals surface area contributed by atoms with Crippen molar-refractivity contribution in [3.63, 3.8) is 0 Å². The molecule has 1 atom stereocenters. The van der Waals surface area contributed by atoms with Crippen LogP contribution in [0.4, 0.5) is 0 Å². The number of piperidine rings is 1. The molecule has 1 N–H and O–H groups in total. The minimum atomic E-state index is -0.00463. The number of rotatable bonds is 5. The van der Waals surface area contributed by atoms with Gasteiger partial charge in [0.05, 0.1) is 12.2 Å². The summed E-state index contributed by atoms with van der Waals surface area (Å²) in [4.78, 5) is 22.4. The summed E-state index contributed by atoms with van der Waals surface area (Å²) in [5.74, 6) is 0.736. The summed E-state index contributed by atoms with van der Waals surface area (Å²) in [6.45, 7) is 5.38. The van der Waals surface area contributed by atoms with Gasteiger partial charge in [-0.2, -0.15) is 5.10 Å². The molecule has 0 unspecified atom stereocenters. The highest BCUT2D eigenvalue weighted by atomic mass is 16.5. The van der Waals surface area contributed by atoms with Crippen molar-refractivity contribution in [3.05, 3.63) is 35.5 Å². The molecule has 3 rings (SSSR count). The molecule has 24 heavy (non-hydrogen) atoms. The molecule has 0 bridgehead atoms. The lowest BCUT2D eigenvalue weighted by Gasteiger charge is -2.32. The molecule has 0 saturated carbocycles. The van der Waals surface area contributed by atoms with E-state index in [0.717, 1.165) is 42.8 Å². The maximum absolute atomic E-state index is 12.5. The first kappa shape index (κ1) is 16.4. The molecule has 7 nitrogen and oxygen atoms in total. The fourth-order valence-electron chi connectivity index (χ4n) is 3.11. The minimum absolute atomic E-state index is 0.00463. The first-order valence-corrected chi connectivity index (χ1v) is 8.34. The highest BCUT2D eigenvalue weighted by molar-refractivity contribution is 5.76. The smallest absolute Gasteiger partial charge is 0.223 e. The van der Waals surface area contributed by atoms with Crippen molar-refractivity contribution in [2.45, 2.75) is 45.6 Å². The first-order chi connectivity index (χ1) is 11.6. The van der Waals surface area contributed by atoms with Crippen LogP contribution in [0.15, 0.2) is 18.6 Å². The second kappa shape index (κ2) is 7.42. The Hall–Kier alpha value is -2.44. The summed E-state index contributed by atoms with van der Waals surface area (Å²) in [5, 5.41) is 7.15. The van der Waals surface area contributed by atoms with Crippen LogP contribution in [0.5, 0.6) is 5.88 Å². The van der Waals surface area contributed by atoms with E-state index < -0.39 is 0 Å². The summed E-state index contributed by atoms with van der Waals surface area (Å²) >= 11 is 0. The predicted octanol–water partition coefficient (Wildman–Crippen LogP) is 1.82. The quantitative estimate of drug-likeness (QED) is 0.904. The van der Waals surface area contributed by atoms with E-state index in [4.69, 9.17) is 4.74 Å². The van der Waals surface area contributed by atoms with Crippen LogP contribution in [0.25, 0.3) is 0 Å². The molecule has 1 fully saturated rings. The topological polar surface area (TPSA) is 84.0 Å². The number of carbonyl (C=O) groups excluding carboxylic acids is 1. The molecule has 0 radical (unpaired) electrons. The van der Waals surface area contributed by atoms with Crippen LogP contribution in [-0.4, -0.2) is 50.2 Å². The van der Waals surface area contributed by atoms with Gasteiger partial charge in [0.2, 0.25) is 11.8 Å². The maximum Gasteiger partial charge on any atom is 0.223 e. The van der Waals surface area contributed by atoms with E-state index in [1.54, 1.807) is 12.3 Å². The number of aromatic nitrogens is 4. The number of likely N-dealkylation sites (tertiary alicyclic amines) is 1. The Bertz CT molecular complexity index is 666. The lowest BCUT2D eigenvalue weighted by atomic mass is 10.0. The van der Waals surface area contributed by atoms with Crippen LogP contribution in [-0.2, 0) is 11.2 Å². The standard InChI is InChI=1S/C17H23N5O2/c1-12-15(13(2)21-20-12)5-6-17(23)22-9-3-4-14(10-22)24-16-7-8-18-11-19-16/h7-8,11,14H,3-6,9-10H2,1-2H3,(H,20,21)/t14-/m1/s1. The molecule has 1 aliphatic rings. The van der Waals surface area contributed by atoms with Crippen LogP contribution in [0.3, 0.4) is 0 Å². The van der Waals surface area contributed by atoms with Gasteiger partial charge in [-0.05, 0) is 38.7 Å². The number of amides is 1. The number of H-pyrrole nitrogens is 1. The molecule has 2 aromatic heterocycles. The highest BCUT2D eigenvalue weighted by Crippen LogP contribution is 2.18. The molecule has 128 valence electrons. The van der Waals surface area contributed by atoms with Crippen LogP contribution in [0.2, 0.25) is 0 Å². The molecular formula is C17H23N5O2. The average molecular weight is 329 g/mol. The number of ether oxygens (including phenoxy) is 1. The second-order valence-electron chi connectivity index (χ2n) is 6.18. The van der Waals surface area contributed by atoms with Gasteiger partial charge in [0.1, 0.15) is 12.4 Å². The zero-order valence-corrected chi connectivity index (χ0v) is 14.2. The molecule has 2 aromatic rings. The number of hydrogen-bond donors (Lipinski definition) is 1. The largest absolute Gasteiger partial charge is 0.472 e. The fraction of sp³-hybridized carbons (Fsp3) is 0.529. The van der Waals surface area contributed by atoms with Gasteiger partial charge in [-0.25, -0.2) is 9.97 Å². The maximum atomic E-state index is 12.5. The Balaban J connectivity index is 1.53. The van der Waals surface area contributed by atoms with Crippen molar-refractivity contribution in [3.8, 4) is 5.88 Å². The van der Waals surface area contributed by atoms with E-state index in [1.807, 2.05) is 18.7 Å². The van der Waals surface area contributed by atoms with Crippen LogP contribution in [0.1, 0.15) is 36.2 Å². The Morgan fingerprint density at radius 3 is 3.04 bits per heavy atom. The van der Waals surface area contributed by atoms with Crippen molar-refractivity contribution in [2.24, 2.45) is 0 Å². The Morgan fingerprint density at radius 1 is 1.46 bits per heavy atom. The molecule has 1 saturated heterocycles. The van der Waals surface area contributed by atoms with Gasteiger partial charge >= 0.3 is 0 Å². The number of aromatic amines is 1. The Morgan fingerprint density at radius 2 is 2.33 bits per heavy atom. The number of nitrogens with one attached hydrogen (secondary N) is 1. The monoisotopic (exact) mass is 329 g/mol. The molecule has 7 heteroatoms. The Labute approximate surface area is 141 Å². The first-order valence-electron chi connectivity index (χ1n) is 8.34. The van der Waals surface area contributed by atoms with E-state index in [0.29, 0.717) is 18.8 Å². The zero-order chi connectivity index (χ0) is 16.9.